The van der Waals surface area contributed by atoms with Gasteiger partial charge in [-0.2, -0.15) is 0 Å². The Bertz CT molecular complexity index is 256. The molecule has 2 unspecified atom stereocenters. The van der Waals surface area contributed by atoms with E-state index >= 15 is 0 Å². The number of rotatable bonds is 8. The normalized spacial score (nSPS) is 16.7. The molecule has 0 rings (SSSR count). The number of hydrogen-bond donors (Lipinski definition) is 1. The SMILES string of the molecule is CCNC(C)(CN(C)C(C)C(C)C)C(=O)OCC. The third kappa shape index (κ3) is 4.94. The van der Waals surface area contributed by atoms with Gasteiger partial charge in [-0.05, 0) is 40.3 Å². The van der Waals surface area contributed by atoms with Crippen LogP contribution >= 0.6 is 0 Å². The molecule has 2 atom stereocenters. The molecule has 0 aliphatic rings. The lowest BCUT2D eigenvalue weighted by Crippen LogP contribution is -2.58. The lowest BCUT2D eigenvalue weighted by atomic mass is 9.98. The van der Waals surface area contributed by atoms with Gasteiger partial charge in [0.25, 0.3) is 0 Å². The Morgan fingerprint density at radius 3 is 2.28 bits per heavy atom. The molecule has 0 aliphatic heterocycles. The van der Waals surface area contributed by atoms with Crippen LogP contribution in [0.25, 0.3) is 0 Å². The average molecular weight is 258 g/mol. The second kappa shape index (κ2) is 7.74. The summed E-state index contributed by atoms with van der Waals surface area (Å²) < 4.78 is 5.17. The molecule has 0 heterocycles. The van der Waals surface area contributed by atoms with E-state index in [9.17, 15) is 4.79 Å². The quantitative estimate of drug-likeness (QED) is 0.675. The molecule has 108 valence electrons. The monoisotopic (exact) mass is 258 g/mol. The van der Waals surface area contributed by atoms with E-state index in [0.29, 0.717) is 25.1 Å². The summed E-state index contributed by atoms with van der Waals surface area (Å²) >= 11 is 0. The minimum Gasteiger partial charge on any atom is -0.465 e. The third-order valence-corrected chi connectivity index (χ3v) is 3.52. The highest BCUT2D eigenvalue weighted by molar-refractivity contribution is 5.80. The van der Waals surface area contributed by atoms with Gasteiger partial charge in [0.1, 0.15) is 5.54 Å². The number of carbonyl (C=O) groups is 1. The van der Waals surface area contributed by atoms with E-state index in [4.69, 9.17) is 4.74 Å². The minimum atomic E-state index is -0.636. The van der Waals surface area contributed by atoms with E-state index in [0.717, 1.165) is 6.54 Å². The Labute approximate surface area is 112 Å². The second-order valence-electron chi connectivity index (χ2n) is 5.48. The van der Waals surface area contributed by atoms with E-state index < -0.39 is 5.54 Å². The van der Waals surface area contributed by atoms with E-state index in [1.807, 2.05) is 20.8 Å². The van der Waals surface area contributed by atoms with Crippen molar-refractivity contribution in [1.82, 2.24) is 10.2 Å². The first-order valence-corrected chi connectivity index (χ1v) is 6.91. The second-order valence-corrected chi connectivity index (χ2v) is 5.48. The summed E-state index contributed by atoms with van der Waals surface area (Å²) in [4.78, 5) is 14.3. The fourth-order valence-electron chi connectivity index (χ4n) is 2.02. The largest absolute Gasteiger partial charge is 0.465 e. The van der Waals surface area contributed by atoms with Crippen LogP contribution in [-0.2, 0) is 9.53 Å². The number of likely N-dealkylation sites (N-methyl/N-ethyl adjacent to an activating group) is 2. The van der Waals surface area contributed by atoms with Crippen molar-refractivity contribution < 1.29 is 9.53 Å². The van der Waals surface area contributed by atoms with Crippen LogP contribution in [0.4, 0.5) is 0 Å². The van der Waals surface area contributed by atoms with Crippen molar-refractivity contribution >= 4 is 5.97 Å². The predicted molar refractivity (Wildman–Crippen MR) is 75.6 cm³/mol. The van der Waals surface area contributed by atoms with Gasteiger partial charge in [-0.25, -0.2) is 0 Å². The Morgan fingerprint density at radius 2 is 1.89 bits per heavy atom. The Morgan fingerprint density at radius 1 is 1.33 bits per heavy atom. The van der Waals surface area contributed by atoms with Gasteiger partial charge in [0, 0.05) is 12.6 Å². The molecule has 0 aromatic rings. The van der Waals surface area contributed by atoms with Crippen LogP contribution in [0.15, 0.2) is 0 Å². The maximum absolute atomic E-state index is 12.1. The number of nitrogens with zero attached hydrogens (tertiary/aromatic N) is 1. The molecule has 0 saturated heterocycles. The summed E-state index contributed by atoms with van der Waals surface area (Å²) in [7, 11) is 2.06. The standard InChI is InChI=1S/C14H30N2O2/c1-8-15-14(6,13(17)18-9-2)10-16(7)12(5)11(3)4/h11-12,15H,8-10H2,1-7H3. The first-order valence-electron chi connectivity index (χ1n) is 6.91. The highest BCUT2D eigenvalue weighted by Crippen LogP contribution is 2.14. The van der Waals surface area contributed by atoms with Gasteiger partial charge < -0.3 is 15.0 Å². The van der Waals surface area contributed by atoms with Crippen LogP contribution in [-0.4, -0.2) is 49.2 Å². The van der Waals surface area contributed by atoms with Crippen LogP contribution in [0.5, 0.6) is 0 Å². The maximum Gasteiger partial charge on any atom is 0.327 e. The van der Waals surface area contributed by atoms with E-state index in [-0.39, 0.29) is 5.97 Å². The fraction of sp³-hybridized carbons (Fsp3) is 0.929. The summed E-state index contributed by atoms with van der Waals surface area (Å²) in [5, 5.41) is 3.25. The van der Waals surface area contributed by atoms with Gasteiger partial charge >= 0.3 is 5.97 Å². The zero-order valence-corrected chi connectivity index (χ0v) is 13.0. The number of nitrogens with one attached hydrogen (secondary N) is 1. The van der Waals surface area contributed by atoms with Crippen molar-refractivity contribution in [3.63, 3.8) is 0 Å². The van der Waals surface area contributed by atoms with Crippen LogP contribution in [0, 0.1) is 5.92 Å². The molecule has 4 nitrogen and oxygen atoms in total. The molecule has 0 aromatic heterocycles. The lowest BCUT2D eigenvalue weighted by Gasteiger charge is -2.36. The summed E-state index contributed by atoms with van der Waals surface area (Å²) in [5.74, 6) is 0.387. The highest BCUT2D eigenvalue weighted by atomic mass is 16.5. The fourth-order valence-corrected chi connectivity index (χ4v) is 2.02. The van der Waals surface area contributed by atoms with Gasteiger partial charge in [-0.15, -0.1) is 0 Å². The summed E-state index contributed by atoms with van der Waals surface area (Å²) in [6.45, 7) is 14.1. The smallest absolute Gasteiger partial charge is 0.327 e. The highest BCUT2D eigenvalue weighted by Gasteiger charge is 2.36. The van der Waals surface area contributed by atoms with Gasteiger partial charge in [-0.3, -0.25) is 4.79 Å². The maximum atomic E-state index is 12.1. The van der Waals surface area contributed by atoms with Crippen molar-refractivity contribution in [3.8, 4) is 0 Å². The number of carbonyl (C=O) groups excluding carboxylic acids is 1. The van der Waals surface area contributed by atoms with Crippen LogP contribution in [0.1, 0.15) is 41.5 Å². The molecule has 18 heavy (non-hydrogen) atoms. The first-order chi connectivity index (χ1) is 8.28. The molecule has 0 bridgehead atoms. The Balaban J connectivity index is 4.74. The van der Waals surface area contributed by atoms with Gasteiger partial charge in [0.2, 0.25) is 0 Å². The molecule has 0 fully saturated rings. The molecule has 0 radical (unpaired) electrons. The Hall–Kier alpha value is -0.610. The van der Waals surface area contributed by atoms with Crippen LogP contribution < -0.4 is 5.32 Å². The van der Waals surface area contributed by atoms with Gasteiger partial charge in [0.05, 0.1) is 6.61 Å². The molecule has 1 N–H and O–H groups in total. The van der Waals surface area contributed by atoms with Crippen molar-refractivity contribution in [3.05, 3.63) is 0 Å². The number of hydrogen-bond acceptors (Lipinski definition) is 4. The van der Waals surface area contributed by atoms with E-state index in [1.54, 1.807) is 0 Å². The van der Waals surface area contributed by atoms with Crippen molar-refractivity contribution in [2.45, 2.75) is 53.1 Å². The molecule has 0 aromatic carbocycles. The predicted octanol–water partition coefficient (Wildman–Crippen LogP) is 1.89. The summed E-state index contributed by atoms with van der Waals surface area (Å²) in [5.41, 5.74) is -0.636. The lowest BCUT2D eigenvalue weighted by molar-refractivity contribution is -0.151. The Kier molecular flexibility index (Phi) is 7.48. The first kappa shape index (κ1) is 17.4. The molecule has 0 saturated carbocycles. The molecular formula is C14H30N2O2. The molecular weight excluding hydrogens is 228 g/mol. The average Bonchev–Trinajstić information content (AvgIpc) is 2.28. The van der Waals surface area contributed by atoms with Gasteiger partial charge in [0.15, 0.2) is 0 Å². The summed E-state index contributed by atoms with van der Waals surface area (Å²) in [6, 6.07) is 0.428. The minimum absolute atomic E-state index is 0.172. The molecule has 0 spiro atoms. The topological polar surface area (TPSA) is 41.6 Å². The van der Waals surface area contributed by atoms with E-state index in [2.05, 4.69) is 38.0 Å². The zero-order valence-electron chi connectivity index (χ0n) is 13.0. The summed E-state index contributed by atoms with van der Waals surface area (Å²) in [6.07, 6.45) is 0. The molecule has 0 aliphatic carbocycles. The van der Waals surface area contributed by atoms with Crippen molar-refractivity contribution in [1.29, 1.82) is 0 Å². The zero-order chi connectivity index (χ0) is 14.3. The van der Waals surface area contributed by atoms with Crippen molar-refractivity contribution in [2.24, 2.45) is 5.92 Å². The van der Waals surface area contributed by atoms with E-state index in [1.165, 1.54) is 0 Å². The van der Waals surface area contributed by atoms with Crippen LogP contribution in [0.2, 0.25) is 0 Å². The number of ether oxygens (including phenoxy) is 1. The molecule has 4 heteroatoms. The van der Waals surface area contributed by atoms with Crippen molar-refractivity contribution in [2.75, 3.05) is 26.7 Å². The van der Waals surface area contributed by atoms with Gasteiger partial charge in [-0.1, -0.05) is 20.8 Å². The number of esters is 1. The third-order valence-electron chi connectivity index (χ3n) is 3.52. The molecule has 0 amide bonds. The van der Waals surface area contributed by atoms with Crippen LogP contribution in [0.3, 0.4) is 0 Å².